The molecule has 39 heavy (non-hydrogen) atoms. The third-order valence-corrected chi connectivity index (χ3v) is 6.74. The lowest BCUT2D eigenvalue weighted by atomic mass is 10.1. The predicted molar refractivity (Wildman–Crippen MR) is 153 cm³/mol. The van der Waals surface area contributed by atoms with Crippen LogP contribution in [0.3, 0.4) is 0 Å². The molecular weight excluding hydrogens is 484 g/mol. The van der Waals surface area contributed by atoms with E-state index in [4.69, 9.17) is 31.3 Å². The van der Waals surface area contributed by atoms with Gasteiger partial charge in [-0.25, -0.2) is 0 Å². The Balaban J connectivity index is 1.51. The van der Waals surface area contributed by atoms with Gasteiger partial charge in [-0.05, 0) is 47.5 Å². The fourth-order valence-corrected chi connectivity index (χ4v) is 4.88. The Labute approximate surface area is 223 Å². The van der Waals surface area contributed by atoms with Crippen LogP contribution in [0.15, 0.2) is 72.6 Å². The second kappa shape index (κ2) is 9.02. The summed E-state index contributed by atoms with van der Waals surface area (Å²) in [5.74, 6) is 0.0356. The SMILES string of the molecule is [C-]#[N+]C(=Cc1ccc2[nH]c3cnc(-c4cc5c6cc(C=C([N+]#[C-])[N+]#[C-])ccc6n(C)c5cn4)cc3c2c1)[N+]#[C-]. The predicted octanol–water partition coefficient (Wildman–Crippen LogP) is 7.70. The molecule has 0 saturated carbocycles. The zero-order valence-electron chi connectivity index (χ0n) is 20.6. The highest BCUT2D eigenvalue weighted by Crippen LogP contribution is 2.33. The van der Waals surface area contributed by atoms with E-state index in [1.807, 2.05) is 61.8 Å². The van der Waals surface area contributed by atoms with Crippen molar-refractivity contribution in [3.8, 4) is 11.4 Å². The maximum atomic E-state index is 7.18. The van der Waals surface area contributed by atoms with E-state index in [1.54, 1.807) is 18.3 Å². The summed E-state index contributed by atoms with van der Waals surface area (Å²) in [7, 11) is 1.99. The minimum atomic E-state index is 0.0159. The van der Waals surface area contributed by atoms with E-state index in [-0.39, 0.29) is 11.6 Å². The summed E-state index contributed by atoms with van der Waals surface area (Å²) in [6, 6.07) is 15.7. The topological polar surface area (TPSA) is 63.9 Å². The average Bonchev–Trinajstić information content (AvgIpc) is 3.48. The zero-order chi connectivity index (χ0) is 27.1. The number of nitrogens with one attached hydrogen (secondary N) is 1. The van der Waals surface area contributed by atoms with Crippen LogP contribution in [0.5, 0.6) is 0 Å². The van der Waals surface area contributed by atoms with Gasteiger partial charge in [0.15, 0.2) is 0 Å². The van der Waals surface area contributed by atoms with Crippen LogP contribution in [0, 0.1) is 26.3 Å². The van der Waals surface area contributed by atoms with Gasteiger partial charge < -0.3 is 9.55 Å². The van der Waals surface area contributed by atoms with Crippen LogP contribution < -0.4 is 0 Å². The molecule has 1 N–H and O–H groups in total. The van der Waals surface area contributed by atoms with E-state index in [0.29, 0.717) is 5.69 Å². The molecule has 0 aliphatic carbocycles. The van der Waals surface area contributed by atoms with Gasteiger partial charge in [-0.3, -0.25) is 9.97 Å². The fraction of sp³-hybridized carbons (Fsp3) is 0.0323. The highest BCUT2D eigenvalue weighted by molar-refractivity contribution is 6.10. The Morgan fingerprint density at radius 1 is 0.667 bits per heavy atom. The van der Waals surface area contributed by atoms with Gasteiger partial charge in [-0.2, -0.15) is 19.4 Å². The van der Waals surface area contributed by atoms with Gasteiger partial charge in [0.05, 0.1) is 34.8 Å². The molecular formula is C31H16N8. The number of rotatable bonds is 3. The molecule has 0 fully saturated rings. The van der Waals surface area contributed by atoms with Crippen molar-refractivity contribution < 1.29 is 0 Å². The van der Waals surface area contributed by atoms with Gasteiger partial charge in [0.25, 0.3) is 0 Å². The first-order valence-electron chi connectivity index (χ1n) is 11.8. The molecule has 180 valence electrons. The molecule has 2 aromatic carbocycles. The maximum absolute atomic E-state index is 7.18. The smallest absolute Gasteiger partial charge is 0.353 e. The summed E-state index contributed by atoms with van der Waals surface area (Å²) >= 11 is 0. The molecule has 0 atom stereocenters. The molecule has 0 unspecified atom stereocenters. The van der Waals surface area contributed by atoms with Crippen LogP contribution in [0.25, 0.3) is 86.5 Å². The monoisotopic (exact) mass is 500 g/mol. The van der Waals surface area contributed by atoms with Crippen molar-refractivity contribution in [2.75, 3.05) is 0 Å². The van der Waals surface area contributed by atoms with E-state index in [9.17, 15) is 0 Å². The normalized spacial score (nSPS) is 10.6. The van der Waals surface area contributed by atoms with E-state index in [0.717, 1.165) is 60.4 Å². The molecule has 0 aliphatic rings. The maximum Gasteiger partial charge on any atom is 0.519 e. The second-order valence-electron chi connectivity index (χ2n) is 8.92. The van der Waals surface area contributed by atoms with Crippen molar-refractivity contribution >= 4 is 55.8 Å². The lowest BCUT2D eigenvalue weighted by molar-refractivity contribution is 1.01. The van der Waals surface area contributed by atoms with Crippen molar-refractivity contribution in [2.45, 2.75) is 0 Å². The summed E-state index contributed by atoms with van der Waals surface area (Å²) in [5.41, 5.74) is 6.80. The van der Waals surface area contributed by atoms with Gasteiger partial charge in [0.2, 0.25) is 0 Å². The summed E-state index contributed by atoms with van der Waals surface area (Å²) in [4.78, 5) is 25.8. The molecule has 0 spiro atoms. The first kappa shape index (κ1) is 23.2. The van der Waals surface area contributed by atoms with Gasteiger partial charge >= 0.3 is 11.6 Å². The number of nitrogens with zero attached hydrogens (tertiary/aromatic N) is 7. The Kier molecular flexibility index (Phi) is 5.36. The quantitative estimate of drug-likeness (QED) is 0.253. The molecule has 8 nitrogen and oxygen atoms in total. The molecule has 4 heterocycles. The van der Waals surface area contributed by atoms with Crippen molar-refractivity contribution in [3.05, 3.63) is 129 Å². The molecule has 0 aliphatic heterocycles. The summed E-state index contributed by atoms with van der Waals surface area (Å²) in [6.45, 7) is 28.7. The number of H-pyrrole nitrogens is 1. The standard InChI is InChI=1S/C31H16N8/c1-32-30(33-2)12-18-6-8-24-20(10-18)21-14-25(36-16-27(21)38-24)26-15-23-22-11-19(13-31(34-3)35-4)7-9-28(22)39(5)29(23)17-37-26/h6-17,38H,5H3. The molecule has 0 amide bonds. The average molecular weight is 501 g/mol. The molecule has 8 heteroatoms. The molecule has 6 aromatic rings. The van der Waals surface area contributed by atoms with Crippen LogP contribution in [-0.4, -0.2) is 19.5 Å². The second-order valence-corrected chi connectivity index (χ2v) is 8.92. The Morgan fingerprint density at radius 3 is 1.87 bits per heavy atom. The van der Waals surface area contributed by atoms with E-state index < -0.39 is 0 Å². The summed E-state index contributed by atoms with van der Waals surface area (Å²) < 4.78 is 2.07. The highest BCUT2D eigenvalue weighted by Gasteiger charge is 2.14. The Hall–Kier alpha value is -6.22. The first-order valence-corrected chi connectivity index (χ1v) is 11.8. The first-order chi connectivity index (χ1) is 19.0. The number of fused-ring (bicyclic) bond motifs is 6. The van der Waals surface area contributed by atoms with Gasteiger partial charge in [0.1, 0.15) is 26.3 Å². The number of aromatic amines is 1. The summed E-state index contributed by atoms with van der Waals surface area (Å²) in [5, 5.41) is 3.93. The number of aromatic nitrogens is 4. The van der Waals surface area contributed by atoms with Crippen molar-refractivity contribution in [2.24, 2.45) is 7.05 Å². The number of pyridine rings is 2. The third kappa shape index (κ3) is 3.83. The van der Waals surface area contributed by atoms with E-state index in [1.165, 1.54) is 0 Å². The fourth-order valence-electron chi connectivity index (χ4n) is 4.88. The Morgan fingerprint density at radius 2 is 1.21 bits per heavy atom. The largest absolute Gasteiger partial charge is 0.519 e. The van der Waals surface area contributed by atoms with Gasteiger partial charge in [0, 0.05) is 51.8 Å². The molecule has 6 rings (SSSR count). The minimum absolute atomic E-state index is 0.0159. The number of hydrogen-bond acceptors (Lipinski definition) is 2. The van der Waals surface area contributed by atoms with E-state index >= 15 is 0 Å². The van der Waals surface area contributed by atoms with Gasteiger partial charge in [-0.15, -0.1) is 0 Å². The van der Waals surface area contributed by atoms with Gasteiger partial charge in [-0.1, -0.05) is 12.1 Å². The number of aryl methyl sites for hydroxylation is 1. The summed E-state index contributed by atoms with van der Waals surface area (Å²) in [6.07, 6.45) is 6.80. The number of hydrogen-bond donors (Lipinski definition) is 1. The zero-order valence-corrected chi connectivity index (χ0v) is 20.6. The molecule has 0 saturated heterocycles. The van der Waals surface area contributed by atoms with Crippen molar-refractivity contribution in [3.63, 3.8) is 0 Å². The van der Waals surface area contributed by atoms with Crippen LogP contribution in [-0.2, 0) is 7.05 Å². The molecule has 0 radical (unpaired) electrons. The van der Waals surface area contributed by atoms with Crippen LogP contribution in [0.1, 0.15) is 11.1 Å². The van der Waals surface area contributed by atoms with E-state index in [2.05, 4.69) is 33.9 Å². The molecule has 0 bridgehead atoms. The van der Waals surface area contributed by atoms with Crippen molar-refractivity contribution in [1.82, 2.24) is 19.5 Å². The highest BCUT2D eigenvalue weighted by atomic mass is 15.0. The molecule has 4 aromatic heterocycles. The van der Waals surface area contributed by atoms with Crippen LogP contribution >= 0.6 is 0 Å². The number of benzene rings is 2. The Bertz CT molecular complexity index is 2200. The van der Waals surface area contributed by atoms with Crippen LogP contribution in [0.2, 0.25) is 0 Å². The lowest BCUT2D eigenvalue weighted by Gasteiger charge is -2.02. The lowest BCUT2D eigenvalue weighted by Crippen LogP contribution is -1.90. The van der Waals surface area contributed by atoms with Crippen molar-refractivity contribution in [1.29, 1.82) is 0 Å². The van der Waals surface area contributed by atoms with Crippen LogP contribution in [0.4, 0.5) is 0 Å². The minimum Gasteiger partial charge on any atom is -0.353 e. The third-order valence-electron chi connectivity index (χ3n) is 6.74.